The molecule has 0 radical (unpaired) electrons. The fourth-order valence-corrected chi connectivity index (χ4v) is 2.42. The van der Waals surface area contributed by atoms with Gasteiger partial charge in [-0.1, -0.05) is 40.9 Å². The molecule has 0 fully saturated rings. The maximum Gasteiger partial charge on any atom is 0.205 e. The number of anilines is 1. The maximum atomic E-state index is 6.03. The zero-order valence-electron chi connectivity index (χ0n) is 10.7. The van der Waals surface area contributed by atoms with Crippen LogP contribution in [0.2, 0.25) is 15.1 Å². The quantitative estimate of drug-likeness (QED) is 0.708. The fraction of sp³-hybridized carbons (Fsp3) is 0. The molecular formula is C15H10Cl3N3. The number of hydrogen-bond donors (Lipinski definition) is 1. The van der Waals surface area contributed by atoms with Crippen LogP contribution in [0.15, 0.2) is 48.7 Å². The molecule has 2 aromatic carbocycles. The second kappa shape index (κ2) is 5.60. The van der Waals surface area contributed by atoms with Crippen molar-refractivity contribution in [2.45, 2.75) is 0 Å². The minimum atomic E-state index is 0.387. The lowest BCUT2D eigenvalue weighted by atomic mass is 10.2. The summed E-state index contributed by atoms with van der Waals surface area (Å²) in [7, 11) is 0. The summed E-state index contributed by atoms with van der Waals surface area (Å²) in [6.07, 6.45) is 1.85. The van der Waals surface area contributed by atoms with Gasteiger partial charge in [-0.3, -0.25) is 4.57 Å². The molecule has 0 saturated heterocycles. The summed E-state index contributed by atoms with van der Waals surface area (Å²) >= 11 is 17.8. The van der Waals surface area contributed by atoms with Gasteiger partial charge in [0.05, 0.1) is 15.7 Å². The lowest BCUT2D eigenvalue weighted by molar-refractivity contribution is 1.07. The van der Waals surface area contributed by atoms with Crippen LogP contribution in [0.25, 0.3) is 16.9 Å². The van der Waals surface area contributed by atoms with Gasteiger partial charge < -0.3 is 5.73 Å². The fourth-order valence-electron chi connectivity index (χ4n) is 2.00. The molecule has 3 aromatic rings. The van der Waals surface area contributed by atoms with Crippen LogP contribution in [-0.4, -0.2) is 9.55 Å². The van der Waals surface area contributed by atoms with E-state index in [4.69, 9.17) is 40.5 Å². The third kappa shape index (κ3) is 2.86. The topological polar surface area (TPSA) is 43.8 Å². The van der Waals surface area contributed by atoms with Crippen LogP contribution in [-0.2, 0) is 0 Å². The van der Waals surface area contributed by atoms with Crippen molar-refractivity contribution in [1.29, 1.82) is 0 Å². The molecule has 3 nitrogen and oxygen atoms in total. The van der Waals surface area contributed by atoms with Crippen LogP contribution >= 0.6 is 34.8 Å². The van der Waals surface area contributed by atoms with E-state index in [-0.39, 0.29) is 0 Å². The van der Waals surface area contributed by atoms with Crippen LogP contribution in [0.5, 0.6) is 0 Å². The normalized spacial score (nSPS) is 10.8. The van der Waals surface area contributed by atoms with Crippen LogP contribution < -0.4 is 5.73 Å². The molecule has 0 atom stereocenters. The van der Waals surface area contributed by atoms with Gasteiger partial charge in [-0.05, 0) is 36.4 Å². The highest BCUT2D eigenvalue weighted by atomic mass is 35.5. The third-order valence-corrected chi connectivity index (χ3v) is 4.04. The molecule has 0 spiro atoms. The largest absolute Gasteiger partial charge is 0.369 e. The number of halogens is 3. The molecule has 106 valence electrons. The highest BCUT2D eigenvalue weighted by molar-refractivity contribution is 6.42. The molecule has 0 aliphatic rings. The first kappa shape index (κ1) is 14.3. The monoisotopic (exact) mass is 337 g/mol. The molecule has 1 aromatic heterocycles. The van der Waals surface area contributed by atoms with Crippen molar-refractivity contribution in [2.75, 3.05) is 5.73 Å². The number of nitrogens with zero attached hydrogens (tertiary/aromatic N) is 2. The Morgan fingerprint density at radius 2 is 1.62 bits per heavy atom. The SMILES string of the molecule is Nc1nc(-c2ccc(Cl)c(Cl)c2)cn1-c1ccc(Cl)cc1. The van der Waals surface area contributed by atoms with Crippen molar-refractivity contribution in [1.82, 2.24) is 9.55 Å². The average Bonchev–Trinajstić information content (AvgIpc) is 2.85. The molecule has 0 unspecified atom stereocenters. The van der Waals surface area contributed by atoms with Gasteiger partial charge >= 0.3 is 0 Å². The number of benzene rings is 2. The van der Waals surface area contributed by atoms with E-state index in [1.54, 1.807) is 28.8 Å². The summed E-state index contributed by atoms with van der Waals surface area (Å²) in [5.74, 6) is 0.387. The van der Waals surface area contributed by atoms with Crippen molar-refractivity contribution < 1.29 is 0 Å². The molecule has 0 saturated carbocycles. The van der Waals surface area contributed by atoms with Gasteiger partial charge in [0.2, 0.25) is 5.95 Å². The van der Waals surface area contributed by atoms with Crippen molar-refractivity contribution in [3.8, 4) is 16.9 Å². The van der Waals surface area contributed by atoms with Gasteiger partial charge in [-0.15, -0.1) is 0 Å². The van der Waals surface area contributed by atoms with Gasteiger partial charge in [-0.2, -0.15) is 0 Å². The number of imidazole rings is 1. The molecule has 21 heavy (non-hydrogen) atoms. The molecule has 3 rings (SSSR count). The van der Waals surface area contributed by atoms with Gasteiger partial charge in [0.1, 0.15) is 0 Å². The van der Waals surface area contributed by atoms with E-state index in [0.29, 0.717) is 21.0 Å². The van der Waals surface area contributed by atoms with Crippen molar-refractivity contribution in [3.05, 3.63) is 63.7 Å². The maximum absolute atomic E-state index is 6.03. The lowest BCUT2D eigenvalue weighted by Crippen LogP contribution is -1.98. The van der Waals surface area contributed by atoms with Crippen molar-refractivity contribution in [2.24, 2.45) is 0 Å². The molecule has 0 amide bonds. The second-order valence-electron chi connectivity index (χ2n) is 4.46. The summed E-state index contributed by atoms with van der Waals surface area (Å²) in [6, 6.07) is 12.7. The Kier molecular flexibility index (Phi) is 3.81. The van der Waals surface area contributed by atoms with E-state index in [1.165, 1.54) is 0 Å². The number of aromatic nitrogens is 2. The first-order chi connectivity index (χ1) is 10.0. The van der Waals surface area contributed by atoms with Crippen LogP contribution in [0.3, 0.4) is 0 Å². The minimum Gasteiger partial charge on any atom is -0.369 e. The zero-order chi connectivity index (χ0) is 15.0. The zero-order valence-corrected chi connectivity index (χ0v) is 13.0. The molecule has 6 heteroatoms. The van der Waals surface area contributed by atoms with Crippen LogP contribution in [0.1, 0.15) is 0 Å². The number of rotatable bonds is 2. The summed E-state index contributed by atoms with van der Waals surface area (Å²) in [4.78, 5) is 4.36. The van der Waals surface area contributed by atoms with E-state index >= 15 is 0 Å². The lowest BCUT2D eigenvalue weighted by Gasteiger charge is -2.03. The first-order valence-corrected chi connectivity index (χ1v) is 7.24. The second-order valence-corrected chi connectivity index (χ2v) is 5.71. The molecule has 0 aliphatic heterocycles. The predicted octanol–water partition coefficient (Wildman–Crippen LogP) is 5.08. The van der Waals surface area contributed by atoms with E-state index in [1.807, 2.05) is 24.4 Å². The Morgan fingerprint density at radius 1 is 0.905 bits per heavy atom. The molecule has 0 aliphatic carbocycles. The highest BCUT2D eigenvalue weighted by Crippen LogP contribution is 2.29. The molecular weight excluding hydrogens is 329 g/mol. The standard InChI is InChI=1S/C15H10Cl3N3/c16-10-2-4-11(5-3-10)21-8-14(20-15(21)19)9-1-6-12(17)13(18)7-9/h1-8H,(H2,19,20). The Morgan fingerprint density at radius 3 is 2.29 bits per heavy atom. The smallest absolute Gasteiger partial charge is 0.205 e. The van der Waals surface area contributed by atoms with Gasteiger partial charge in [0.25, 0.3) is 0 Å². The van der Waals surface area contributed by atoms with E-state index in [9.17, 15) is 0 Å². The van der Waals surface area contributed by atoms with Crippen LogP contribution in [0, 0.1) is 0 Å². The van der Waals surface area contributed by atoms with E-state index < -0.39 is 0 Å². The Hall–Kier alpha value is -1.68. The van der Waals surface area contributed by atoms with Gasteiger partial charge in [0, 0.05) is 22.5 Å². The number of nitrogen functional groups attached to an aromatic ring is 1. The Labute approximate surface area is 136 Å². The summed E-state index contributed by atoms with van der Waals surface area (Å²) < 4.78 is 1.79. The first-order valence-electron chi connectivity index (χ1n) is 6.11. The van der Waals surface area contributed by atoms with Gasteiger partial charge in [0.15, 0.2) is 0 Å². The van der Waals surface area contributed by atoms with Gasteiger partial charge in [-0.25, -0.2) is 4.98 Å². The minimum absolute atomic E-state index is 0.387. The van der Waals surface area contributed by atoms with E-state index in [0.717, 1.165) is 16.9 Å². The molecule has 1 heterocycles. The molecule has 2 N–H and O–H groups in total. The van der Waals surface area contributed by atoms with Crippen LogP contribution in [0.4, 0.5) is 5.95 Å². The number of nitrogens with two attached hydrogens (primary N) is 1. The predicted molar refractivity (Wildman–Crippen MR) is 88.4 cm³/mol. The van der Waals surface area contributed by atoms with Crippen molar-refractivity contribution >= 4 is 40.8 Å². The molecule has 0 bridgehead atoms. The third-order valence-electron chi connectivity index (χ3n) is 3.05. The van der Waals surface area contributed by atoms with E-state index in [2.05, 4.69) is 4.98 Å². The summed E-state index contributed by atoms with van der Waals surface area (Å²) in [5, 5.41) is 1.65. The average molecular weight is 339 g/mol. The van der Waals surface area contributed by atoms with Crippen molar-refractivity contribution in [3.63, 3.8) is 0 Å². The highest BCUT2D eigenvalue weighted by Gasteiger charge is 2.10. The Balaban J connectivity index is 2.04. The Bertz CT molecular complexity index is 794. The summed E-state index contributed by atoms with van der Waals surface area (Å²) in [5.41, 5.74) is 8.44. The summed E-state index contributed by atoms with van der Waals surface area (Å²) in [6.45, 7) is 0. The number of hydrogen-bond acceptors (Lipinski definition) is 2.